The van der Waals surface area contributed by atoms with E-state index in [0.29, 0.717) is 11.9 Å². The van der Waals surface area contributed by atoms with Crippen LogP contribution in [0.3, 0.4) is 0 Å². The van der Waals surface area contributed by atoms with Gasteiger partial charge in [0.05, 0.1) is 0 Å². The third-order valence-electron chi connectivity index (χ3n) is 2.23. The van der Waals surface area contributed by atoms with Crippen molar-refractivity contribution in [1.29, 1.82) is 0 Å². The van der Waals surface area contributed by atoms with Crippen LogP contribution in [0.25, 0.3) is 0 Å². The molecule has 0 amide bonds. The number of aromatic nitrogens is 2. The summed E-state index contributed by atoms with van der Waals surface area (Å²) in [6.07, 6.45) is 5.74. The van der Waals surface area contributed by atoms with Gasteiger partial charge in [0, 0.05) is 25.0 Å². The number of nitrogens with two attached hydrogens (primary N) is 1. The topological polar surface area (TPSA) is 63.8 Å². The monoisotopic (exact) mass is 222 g/mol. The molecule has 0 aliphatic carbocycles. The highest BCUT2D eigenvalue weighted by atomic mass is 15.1. The Morgan fingerprint density at radius 3 is 2.38 bits per heavy atom. The zero-order valence-electron chi connectivity index (χ0n) is 10.4. The second kappa shape index (κ2) is 6.43. The van der Waals surface area contributed by atoms with Crippen LogP contribution in [0.15, 0.2) is 12.4 Å². The molecule has 1 heterocycles. The van der Waals surface area contributed by atoms with Crippen molar-refractivity contribution < 1.29 is 0 Å². The van der Waals surface area contributed by atoms with Crippen molar-refractivity contribution in [1.82, 2.24) is 9.97 Å². The summed E-state index contributed by atoms with van der Waals surface area (Å²) in [5.41, 5.74) is 6.84. The third kappa shape index (κ3) is 5.07. The Bertz CT molecular complexity index is 292. The third-order valence-corrected chi connectivity index (χ3v) is 2.23. The number of hydrogen-bond donors (Lipinski definition) is 2. The molecule has 16 heavy (non-hydrogen) atoms. The molecule has 0 aliphatic rings. The van der Waals surface area contributed by atoms with Gasteiger partial charge in [0.15, 0.2) is 0 Å². The maximum Gasteiger partial charge on any atom is 0.222 e. The largest absolute Gasteiger partial charge is 0.354 e. The zero-order valence-corrected chi connectivity index (χ0v) is 10.4. The summed E-state index contributed by atoms with van der Waals surface area (Å²) >= 11 is 0. The molecule has 4 heteroatoms. The average Bonchev–Trinajstić information content (AvgIpc) is 2.19. The maximum atomic E-state index is 5.65. The van der Waals surface area contributed by atoms with Crippen LogP contribution in [0.5, 0.6) is 0 Å². The smallest absolute Gasteiger partial charge is 0.222 e. The van der Waals surface area contributed by atoms with E-state index in [1.54, 1.807) is 0 Å². The number of nitrogens with zero attached hydrogens (tertiary/aromatic N) is 2. The lowest BCUT2D eigenvalue weighted by molar-refractivity contribution is 0.643. The Balaban J connectivity index is 2.39. The van der Waals surface area contributed by atoms with Crippen molar-refractivity contribution in [2.45, 2.75) is 39.7 Å². The van der Waals surface area contributed by atoms with Crippen LogP contribution in [-0.4, -0.2) is 22.6 Å². The molecule has 1 unspecified atom stereocenters. The van der Waals surface area contributed by atoms with Gasteiger partial charge in [-0.05, 0) is 31.2 Å². The Labute approximate surface area is 97.7 Å². The fourth-order valence-corrected chi connectivity index (χ4v) is 1.43. The highest BCUT2D eigenvalue weighted by Crippen LogP contribution is 2.06. The highest BCUT2D eigenvalue weighted by molar-refractivity contribution is 5.24. The number of hydrogen-bond acceptors (Lipinski definition) is 4. The van der Waals surface area contributed by atoms with Crippen molar-refractivity contribution in [2.24, 2.45) is 11.7 Å². The van der Waals surface area contributed by atoms with Gasteiger partial charge in [0.25, 0.3) is 0 Å². The van der Waals surface area contributed by atoms with E-state index in [-0.39, 0.29) is 6.04 Å². The predicted molar refractivity (Wildman–Crippen MR) is 67.3 cm³/mol. The van der Waals surface area contributed by atoms with Crippen LogP contribution in [-0.2, 0) is 6.42 Å². The molecule has 1 rings (SSSR count). The van der Waals surface area contributed by atoms with E-state index in [4.69, 9.17) is 5.73 Å². The van der Waals surface area contributed by atoms with Crippen molar-refractivity contribution >= 4 is 5.95 Å². The first-order chi connectivity index (χ1) is 7.58. The average molecular weight is 222 g/mol. The van der Waals surface area contributed by atoms with Crippen molar-refractivity contribution in [2.75, 3.05) is 11.9 Å². The molecule has 90 valence electrons. The fourth-order valence-electron chi connectivity index (χ4n) is 1.43. The maximum absolute atomic E-state index is 5.65. The molecule has 0 aromatic carbocycles. The Morgan fingerprint density at radius 2 is 1.88 bits per heavy atom. The van der Waals surface area contributed by atoms with Crippen molar-refractivity contribution in [3.8, 4) is 0 Å². The molecular weight excluding hydrogens is 200 g/mol. The predicted octanol–water partition coefficient (Wildman–Crippen LogP) is 1.82. The molecule has 1 atom stereocenters. The first kappa shape index (κ1) is 12.9. The van der Waals surface area contributed by atoms with Gasteiger partial charge < -0.3 is 11.1 Å². The summed E-state index contributed by atoms with van der Waals surface area (Å²) in [6, 6.07) is 0.215. The lowest BCUT2D eigenvalue weighted by atomic mass is 10.1. The van der Waals surface area contributed by atoms with Gasteiger partial charge in [-0.2, -0.15) is 0 Å². The van der Waals surface area contributed by atoms with E-state index in [9.17, 15) is 0 Å². The molecular formula is C12H22N4. The molecule has 1 aromatic heterocycles. The summed E-state index contributed by atoms with van der Waals surface area (Å²) in [6.45, 7) is 7.19. The van der Waals surface area contributed by atoms with Crippen LogP contribution in [0.2, 0.25) is 0 Å². The lowest BCUT2D eigenvalue weighted by Gasteiger charge is -2.08. The van der Waals surface area contributed by atoms with Crippen LogP contribution < -0.4 is 11.1 Å². The summed E-state index contributed by atoms with van der Waals surface area (Å²) in [4.78, 5) is 8.53. The molecule has 4 nitrogen and oxygen atoms in total. The van der Waals surface area contributed by atoms with E-state index >= 15 is 0 Å². The molecule has 0 bridgehead atoms. The summed E-state index contributed by atoms with van der Waals surface area (Å²) in [5.74, 6) is 1.33. The van der Waals surface area contributed by atoms with Crippen LogP contribution in [0.1, 0.15) is 32.8 Å². The minimum absolute atomic E-state index is 0.215. The van der Waals surface area contributed by atoms with Gasteiger partial charge in [0.2, 0.25) is 5.95 Å². The van der Waals surface area contributed by atoms with Crippen LogP contribution >= 0.6 is 0 Å². The number of anilines is 1. The van der Waals surface area contributed by atoms with E-state index in [1.807, 2.05) is 19.3 Å². The van der Waals surface area contributed by atoms with Gasteiger partial charge in [-0.1, -0.05) is 13.8 Å². The molecule has 0 fully saturated rings. The summed E-state index contributed by atoms with van der Waals surface area (Å²) < 4.78 is 0. The van der Waals surface area contributed by atoms with Gasteiger partial charge >= 0.3 is 0 Å². The SMILES string of the molecule is CC(C)Cc1cnc(NCCC(C)N)nc1. The Kier molecular flexibility index (Phi) is 5.19. The molecule has 0 saturated carbocycles. The summed E-state index contributed by atoms with van der Waals surface area (Å²) in [5, 5.41) is 3.15. The number of rotatable bonds is 6. The molecule has 0 spiro atoms. The van der Waals surface area contributed by atoms with E-state index in [1.165, 1.54) is 5.56 Å². The molecule has 0 aliphatic heterocycles. The number of nitrogens with one attached hydrogen (secondary N) is 1. The standard InChI is InChI=1S/C12H22N4/c1-9(2)6-11-7-15-12(16-8-11)14-5-4-10(3)13/h7-10H,4-6,13H2,1-3H3,(H,14,15,16). The molecule has 0 radical (unpaired) electrons. The van der Waals surface area contributed by atoms with Crippen LogP contribution in [0.4, 0.5) is 5.95 Å². The Hall–Kier alpha value is -1.16. The van der Waals surface area contributed by atoms with E-state index in [2.05, 4.69) is 29.1 Å². The highest BCUT2D eigenvalue weighted by Gasteiger charge is 2.00. The minimum Gasteiger partial charge on any atom is -0.354 e. The Morgan fingerprint density at radius 1 is 1.25 bits per heavy atom. The van der Waals surface area contributed by atoms with E-state index < -0.39 is 0 Å². The molecule has 3 N–H and O–H groups in total. The zero-order chi connectivity index (χ0) is 12.0. The van der Waals surface area contributed by atoms with Crippen molar-refractivity contribution in [3.05, 3.63) is 18.0 Å². The minimum atomic E-state index is 0.215. The molecule has 1 aromatic rings. The fraction of sp³-hybridized carbons (Fsp3) is 0.667. The van der Waals surface area contributed by atoms with Gasteiger partial charge in [-0.25, -0.2) is 9.97 Å². The first-order valence-electron chi connectivity index (χ1n) is 5.88. The van der Waals surface area contributed by atoms with Gasteiger partial charge in [-0.15, -0.1) is 0 Å². The first-order valence-corrected chi connectivity index (χ1v) is 5.88. The quantitative estimate of drug-likeness (QED) is 0.770. The normalized spacial score (nSPS) is 12.8. The summed E-state index contributed by atoms with van der Waals surface area (Å²) in [7, 11) is 0. The lowest BCUT2D eigenvalue weighted by Crippen LogP contribution is -2.19. The second-order valence-electron chi connectivity index (χ2n) is 4.71. The van der Waals surface area contributed by atoms with Crippen LogP contribution in [0, 0.1) is 5.92 Å². The van der Waals surface area contributed by atoms with Gasteiger partial charge in [-0.3, -0.25) is 0 Å². The van der Waals surface area contributed by atoms with Gasteiger partial charge in [0.1, 0.15) is 0 Å². The van der Waals surface area contributed by atoms with E-state index in [0.717, 1.165) is 19.4 Å². The molecule has 0 saturated heterocycles. The van der Waals surface area contributed by atoms with Crippen molar-refractivity contribution in [3.63, 3.8) is 0 Å². The second-order valence-corrected chi connectivity index (χ2v) is 4.71.